The van der Waals surface area contributed by atoms with Crippen LogP contribution in [0.25, 0.3) is 11.0 Å². The number of nitrogens with two attached hydrogens (primary N) is 1. The fraction of sp³-hybridized carbons (Fsp3) is 0.389. The highest BCUT2D eigenvalue weighted by atomic mass is 16.4. The average Bonchev–Trinajstić information content (AvgIpc) is 2.53. The van der Waals surface area contributed by atoms with E-state index < -0.39 is 11.7 Å². The molecular weight excluding hydrogens is 322 g/mol. The number of unbranched alkanes of at least 4 members (excludes halogenated alkanes) is 1. The predicted molar refractivity (Wildman–Crippen MR) is 96.4 cm³/mol. The molecule has 0 spiro atoms. The Kier molecular flexibility index (Phi) is 6.30. The zero-order valence-electron chi connectivity index (χ0n) is 14.4. The summed E-state index contributed by atoms with van der Waals surface area (Å²) < 4.78 is 5.18. The number of rotatable bonds is 7. The molecule has 1 unspecified atom stereocenters. The van der Waals surface area contributed by atoms with Gasteiger partial charge < -0.3 is 20.8 Å². The van der Waals surface area contributed by atoms with Gasteiger partial charge in [-0.2, -0.15) is 0 Å². The van der Waals surface area contributed by atoms with Crippen molar-refractivity contribution in [2.45, 2.75) is 39.2 Å². The van der Waals surface area contributed by atoms with Crippen LogP contribution in [0.2, 0.25) is 0 Å². The number of anilines is 1. The number of benzene rings is 1. The molecular formula is C18H23N3O4. The molecule has 0 fully saturated rings. The van der Waals surface area contributed by atoms with Crippen LogP contribution < -0.4 is 22.0 Å². The second kappa shape index (κ2) is 8.43. The van der Waals surface area contributed by atoms with Crippen LogP contribution in [0.1, 0.15) is 31.7 Å². The number of carbonyl (C=O) groups is 2. The van der Waals surface area contributed by atoms with Crippen LogP contribution in [0.5, 0.6) is 0 Å². The summed E-state index contributed by atoms with van der Waals surface area (Å²) >= 11 is 0. The Morgan fingerprint density at radius 3 is 2.68 bits per heavy atom. The third-order valence-electron chi connectivity index (χ3n) is 3.86. The first-order valence-electron chi connectivity index (χ1n) is 8.23. The molecule has 7 nitrogen and oxygen atoms in total. The standard InChI is InChI=1S/C18H23N3O4/c1-11-9-17(23)25-16-10-13(6-7-14(11)16)21-18(24)15(20-12(2)22)5-3-4-8-19/h6-7,9-10,15H,3-5,8,19H2,1-2H3,(H,20,22)(H,21,24). The van der Waals surface area contributed by atoms with Gasteiger partial charge in [-0.3, -0.25) is 9.59 Å². The molecule has 2 amide bonds. The number of aryl methyl sites for hydroxylation is 1. The summed E-state index contributed by atoms with van der Waals surface area (Å²) in [5.74, 6) is -0.588. The highest BCUT2D eigenvalue weighted by Crippen LogP contribution is 2.21. The summed E-state index contributed by atoms with van der Waals surface area (Å²) in [6.07, 6.45) is 2.02. The molecule has 0 saturated heterocycles. The van der Waals surface area contributed by atoms with Crippen molar-refractivity contribution in [1.82, 2.24) is 5.32 Å². The minimum Gasteiger partial charge on any atom is -0.423 e. The highest BCUT2D eigenvalue weighted by molar-refractivity contribution is 5.98. The summed E-state index contributed by atoms with van der Waals surface area (Å²) in [4.78, 5) is 35.3. The number of carbonyl (C=O) groups excluding carboxylic acids is 2. The lowest BCUT2D eigenvalue weighted by Gasteiger charge is -2.17. The Bertz CT molecular complexity index is 829. The molecule has 1 atom stereocenters. The smallest absolute Gasteiger partial charge is 0.336 e. The van der Waals surface area contributed by atoms with E-state index in [1.54, 1.807) is 18.2 Å². The second-order valence-electron chi connectivity index (χ2n) is 5.99. The van der Waals surface area contributed by atoms with Gasteiger partial charge in [0.1, 0.15) is 11.6 Å². The van der Waals surface area contributed by atoms with Crippen LogP contribution in [-0.4, -0.2) is 24.4 Å². The Balaban J connectivity index is 2.17. The van der Waals surface area contributed by atoms with Gasteiger partial charge >= 0.3 is 5.63 Å². The molecule has 1 heterocycles. The summed E-state index contributed by atoms with van der Waals surface area (Å²) in [5.41, 5.74) is 6.74. The minimum atomic E-state index is -0.635. The first-order valence-corrected chi connectivity index (χ1v) is 8.23. The molecule has 1 aromatic carbocycles. The molecule has 4 N–H and O–H groups in total. The molecule has 0 aliphatic rings. The Morgan fingerprint density at radius 1 is 1.24 bits per heavy atom. The van der Waals surface area contributed by atoms with E-state index in [0.29, 0.717) is 24.2 Å². The quantitative estimate of drug-likeness (QED) is 0.522. The van der Waals surface area contributed by atoms with Crippen LogP contribution in [-0.2, 0) is 9.59 Å². The van der Waals surface area contributed by atoms with E-state index in [4.69, 9.17) is 10.2 Å². The van der Waals surface area contributed by atoms with Gasteiger partial charge in [0.2, 0.25) is 11.8 Å². The van der Waals surface area contributed by atoms with Gasteiger partial charge in [-0.15, -0.1) is 0 Å². The third kappa shape index (κ3) is 5.15. The first kappa shape index (κ1) is 18.7. The Morgan fingerprint density at radius 2 is 2.00 bits per heavy atom. The molecule has 0 radical (unpaired) electrons. The van der Waals surface area contributed by atoms with E-state index in [-0.39, 0.29) is 11.8 Å². The molecule has 1 aromatic heterocycles. The van der Waals surface area contributed by atoms with Crippen LogP contribution in [0, 0.1) is 6.92 Å². The zero-order valence-corrected chi connectivity index (χ0v) is 14.4. The van der Waals surface area contributed by atoms with Crippen LogP contribution in [0.15, 0.2) is 33.5 Å². The van der Waals surface area contributed by atoms with Crippen molar-refractivity contribution >= 4 is 28.5 Å². The Labute approximate surface area is 145 Å². The maximum absolute atomic E-state index is 12.5. The summed E-state index contributed by atoms with van der Waals surface area (Å²) in [7, 11) is 0. The van der Waals surface area contributed by atoms with Crippen molar-refractivity contribution < 1.29 is 14.0 Å². The lowest BCUT2D eigenvalue weighted by molar-refractivity contribution is -0.125. The largest absolute Gasteiger partial charge is 0.423 e. The predicted octanol–water partition coefficient (Wildman–Crippen LogP) is 1.67. The summed E-state index contributed by atoms with van der Waals surface area (Å²) in [6, 6.07) is 5.91. The number of hydrogen-bond donors (Lipinski definition) is 3. The number of fused-ring (bicyclic) bond motifs is 1. The average molecular weight is 345 g/mol. The zero-order chi connectivity index (χ0) is 18.4. The third-order valence-corrected chi connectivity index (χ3v) is 3.86. The lowest BCUT2D eigenvalue weighted by atomic mass is 10.1. The van der Waals surface area contributed by atoms with Gasteiger partial charge in [-0.1, -0.05) is 0 Å². The van der Waals surface area contributed by atoms with Crippen molar-refractivity contribution in [1.29, 1.82) is 0 Å². The van der Waals surface area contributed by atoms with Crippen LogP contribution in [0.3, 0.4) is 0 Å². The SMILES string of the molecule is CC(=O)NC(CCCCN)C(=O)Nc1ccc2c(C)cc(=O)oc2c1. The monoisotopic (exact) mass is 345 g/mol. The topological polar surface area (TPSA) is 114 Å². The molecule has 0 aliphatic heterocycles. The summed E-state index contributed by atoms with van der Waals surface area (Å²) in [6.45, 7) is 3.73. The maximum atomic E-state index is 12.5. The van der Waals surface area contributed by atoms with E-state index in [1.807, 2.05) is 6.92 Å². The minimum absolute atomic E-state index is 0.270. The summed E-state index contributed by atoms with van der Waals surface area (Å²) in [5, 5.41) is 6.21. The normalized spacial score (nSPS) is 12.0. The number of hydrogen-bond acceptors (Lipinski definition) is 5. The molecule has 2 aromatic rings. The van der Waals surface area contributed by atoms with Gasteiger partial charge in [-0.05, 0) is 50.4 Å². The lowest BCUT2D eigenvalue weighted by Crippen LogP contribution is -2.42. The molecule has 134 valence electrons. The van der Waals surface area contributed by atoms with E-state index in [0.717, 1.165) is 23.8 Å². The number of nitrogens with one attached hydrogen (secondary N) is 2. The van der Waals surface area contributed by atoms with Crippen LogP contribution in [0.4, 0.5) is 5.69 Å². The van der Waals surface area contributed by atoms with Gasteiger partial charge in [-0.25, -0.2) is 4.79 Å². The van der Waals surface area contributed by atoms with Crippen molar-refractivity contribution in [2.75, 3.05) is 11.9 Å². The fourth-order valence-corrected chi connectivity index (χ4v) is 2.64. The van der Waals surface area contributed by atoms with E-state index >= 15 is 0 Å². The highest BCUT2D eigenvalue weighted by Gasteiger charge is 2.19. The van der Waals surface area contributed by atoms with Crippen molar-refractivity contribution in [3.63, 3.8) is 0 Å². The first-order chi connectivity index (χ1) is 11.9. The molecule has 0 bridgehead atoms. The number of amides is 2. The maximum Gasteiger partial charge on any atom is 0.336 e. The van der Waals surface area contributed by atoms with Crippen LogP contribution >= 0.6 is 0 Å². The molecule has 0 saturated carbocycles. The molecule has 7 heteroatoms. The van der Waals surface area contributed by atoms with Crippen molar-refractivity contribution in [3.8, 4) is 0 Å². The van der Waals surface area contributed by atoms with E-state index in [9.17, 15) is 14.4 Å². The van der Waals surface area contributed by atoms with E-state index in [2.05, 4.69) is 10.6 Å². The van der Waals surface area contributed by atoms with Gasteiger partial charge in [0.15, 0.2) is 0 Å². The molecule has 2 rings (SSSR count). The van der Waals surface area contributed by atoms with E-state index in [1.165, 1.54) is 13.0 Å². The van der Waals surface area contributed by atoms with Crippen molar-refractivity contribution in [2.24, 2.45) is 5.73 Å². The second-order valence-corrected chi connectivity index (χ2v) is 5.99. The van der Waals surface area contributed by atoms with Gasteiger partial charge in [0, 0.05) is 30.1 Å². The Hall–Kier alpha value is -2.67. The molecule has 0 aliphatic carbocycles. The fourth-order valence-electron chi connectivity index (χ4n) is 2.64. The molecule has 25 heavy (non-hydrogen) atoms. The van der Waals surface area contributed by atoms with Gasteiger partial charge in [0.25, 0.3) is 0 Å². The van der Waals surface area contributed by atoms with Gasteiger partial charge in [0.05, 0.1) is 0 Å². The van der Waals surface area contributed by atoms with Crippen molar-refractivity contribution in [3.05, 3.63) is 40.2 Å².